The molecule has 1 saturated carbocycles. The minimum atomic E-state index is 0.321. The Bertz CT molecular complexity index is 319. The summed E-state index contributed by atoms with van der Waals surface area (Å²) in [6.45, 7) is 4.76. The van der Waals surface area contributed by atoms with Crippen LogP contribution >= 0.6 is 11.3 Å². The molecule has 1 aliphatic rings. The van der Waals surface area contributed by atoms with E-state index < -0.39 is 0 Å². The van der Waals surface area contributed by atoms with Gasteiger partial charge in [-0.25, -0.2) is 0 Å². The smallest absolute Gasteiger partial charge is 0.0501 e. The summed E-state index contributed by atoms with van der Waals surface area (Å²) in [6, 6.07) is 2.52. The first-order chi connectivity index (χ1) is 7.65. The van der Waals surface area contributed by atoms with E-state index in [9.17, 15) is 0 Å². The zero-order valence-corrected chi connectivity index (χ0v) is 11.0. The summed E-state index contributed by atoms with van der Waals surface area (Å²) in [5.74, 6) is 6.42. The van der Waals surface area contributed by atoms with Gasteiger partial charge in [-0.1, -0.05) is 26.7 Å². The van der Waals surface area contributed by atoms with Gasteiger partial charge in [0.2, 0.25) is 0 Å². The van der Waals surface area contributed by atoms with Gasteiger partial charge in [0.15, 0.2) is 0 Å². The van der Waals surface area contributed by atoms with E-state index in [1.54, 1.807) is 11.3 Å². The molecule has 2 nitrogen and oxygen atoms in total. The second-order valence-corrected chi connectivity index (χ2v) is 6.32. The lowest BCUT2D eigenvalue weighted by Crippen LogP contribution is -2.41. The molecule has 0 amide bonds. The van der Waals surface area contributed by atoms with Crippen molar-refractivity contribution in [3.05, 3.63) is 22.4 Å². The van der Waals surface area contributed by atoms with Crippen molar-refractivity contribution >= 4 is 11.3 Å². The van der Waals surface area contributed by atoms with Gasteiger partial charge in [-0.2, -0.15) is 11.3 Å². The normalized spacial score (nSPS) is 26.6. The van der Waals surface area contributed by atoms with Crippen LogP contribution in [0.15, 0.2) is 16.8 Å². The molecule has 1 heterocycles. The van der Waals surface area contributed by atoms with Gasteiger partial charge < -0.3 is 0 Å². The van der Waals surface area contributed by atoms with Crippen molar-refractivity contribution in [2.75, 3.05) is 0 Å². The van der Waals surface area contributed by atoms with Crippen LogP contribution in [0.3, 0.4) is 0 Å². The highest BCUT2D eigenvalue weighted by atomic mass is 32.1. The maximum absolute atomic E-state index is 5.77. The van der Waals surface area contributed by atoms with Gasteiger partial charge in [-0.3, -0.25) is 11.3 Å². The number of thiophene rings is 1. The largest absolute Gasteiger partial charge is 0.271 e. The van der Waals surface area contributed by atoms with Gasteiger partial charge in [0, 0.05) is 0 Å². The van der Waals surface area contributed by atoms with Gasteiger partial charge in [0.05, 0.1) is 6.04 Å². The van der Waals surface area contributed by atoms with E-state index in [-0.39, 0.29) is 0 Å². The van der Waals surface area contributed by atoms with E-state index in [0.29, 0.717) is 17.4 Å². The molecule has 0 spiro atoms. The first kappa shape index (κ1) is 12.1. The number of nitrogens with one attached hydrogen (secondary N) is 1. The summed E-state index contributed by atoms with van der Waals surface area (Å²) in [4.78, 5) is 0. The average Bonchev–Trinajstić information content (AvgIpc) is 2.75. The Morgan fingerprint density at radius 3 is 2.88 bits per heavy atom. The Kier molecular flexibility index (Phi) is 3.67. The van der Waals surface area contributed by atoms with Crippen LogP contribution in [0.5, 0.6) is 0 Å². The van der Waals surface area contributed by atoms with Crippen LogP contribution in [0.25, 0.3) is 0 Å². The Morgan fingerprint density at radius 1 is 1.50 bits per heavy atom. The lowest BCUT2D eigenvalue weighted by Gasteiger charge is -2.43. The molecule has 2 atom stereocenters. The highest BCUT2D eigenvalue weighted by Crippen LogP contribution is 2.46. The van der Waals surface area contributed by atoms with Gasteiger partial charge in [0.25, 0.3) is 0 Å². The van der Waals surface area contributed by atoms with Gasteiger partial charge in [-0.15, -0.1) is 0 Å². The maximum atomic E-state index is 5.77. The SMILES string of the molecule is CC1(C)CCCCC1C(NN)c1ccsc1. The van der Waals surface area contributed by atoms with E-state index in [2.05, 4.69) is 36.1 Å². The Balaban J connectivity index is 2.20. The third-order valence-corrected chi connectivity index (χ3v) is 4.78. The fourth-order valence-electron chi connectivity index (χ4n) is 3.04. The standard InChI is InChI=1S/C13H22N2S/c1-13(2)7-4-3-5-11(13)12(15-14)10-6-8-16-9-10/h6,8-9,11-12,15H,3-5,7,14H2,1-2H3. The molecule has 0 radical (unpaired) electrons. The van der Waals surface area contributed by atoms with Crippen molar-refractivity contribution in [1.29, 1.82) is 0 Å². The second-order valence-electron chi connectivity index (χ2n) is 5.54. The Hall–Kier alpha value is -0.380. The molecule has 0 aliphatic heterocycles. The van der Waals surface area contributed by atoms with Crippen LogP contribution in [0.4, 0.5) is 0 Å². The molecule has 0 aromatic carbocycles. The minimum absolute atomic E-state index is 0.321. The van der Waals surface area contributed by atoms with Gasteiger partial charge in [0.1, 0.15) is 0 Å². The maximum Gasteiger partial charge on any atom is 0.0501 e. The number of hydrazine groups is 1. The summed E-state index contributed by atoms with van der Waals surface area (Å²) in [6.07, 6.45) is 5.32. The van der Waals surface area contributed by atoms with Crippen molar-refractivity contribution in [2.45, 2.75) is 45.6 Å². The predicted octanol–water partition coefficient (Wildman–Crippen LogP) is 3.47. The molecule has 1 aromatic rings. The Labute approximate surface area is 102 Å². The molecule has 3 heteroatoms. The molecule has 3 N–H and O–H groups in total. The lowest BCUT2D eigenvalue weighted by atomic mass is 9.65. The van der Waals surface area contributed by atoms with E-state index >= 15 is 0 Å². The average molecular weight is 238 g/mol. The van der Waals surface area contributed by atoms with E-state index in [1.165, 1.54) is 31.2 Å². The molecule has 0 saturated heterocycles. The first-order valence-electron chi connectivity index (χ1n) is 6.13. The first-order valence-corrected chi connectivity index (χ1v) is 7.07. The molecule has 2 unspecified atom stereocenters. The van der Waals surface area contributed by atoms with E-state index in [4.69, 9.17) is 5.84 Å². The molecule has 90 valence electrons. The molecular formula is C13H22N2S. The quantitative estimate of drug-likeness (QED) is 0.625. The molecule has 2 rings (SSSR count). The molecule has 0 bridgehead atoms. The molecule has 16 heavy (non-hydrogen) atoms. The third-order valence-electron chi connectivity index (χ3n) is 4.07. The summed E-state index contributed by atoms with van der Waals surface area (Å²) in [5, 5.41) is 4.35. The zero-order valence-electron chi connectivity index (χ0n) is 10.2. The third kappa shape index (κ3) is 2.31. The van der Waals surface area contributed by atoms with Crippen molar-refractivity contribution < 1.29 is 0 Å². The van der Waals surface area contributed by atoms with Crippen molar-refractivity contribution in [3.63, 3.8) is 0 Å². The molecule has 1 fully saturated rings. The molecule has 1 aliphatic carbocycles. The predicted molar refractivity (Wildman–Crippen MR) is 70.1 cm³/mol. The Morgan fingerprint density at radius 2 is 2.31 bits per heavy atom. The summed E-state index contributed by atoms with van der Waals surface area (Å²) >= 11 is 1.75. The van der Waals surface area contributed by atoms with Crippen LogP contribution in [-0.4, -0.2) is 0 Å². The summed E-state index contributed by atoms with van der Waals surface area (Å²) in [5.41, 5.74) is 4.79. The van der Waals surface area contributed by atoms with Crippen LogP contribution in [-0.2, 0) is 0 Å². The lowest BCUT2D eigenvalue weighted by molar-refractivity contribution is 0.0984. The number of nitrogens with two attached hydrogens (primary N) is 1. The zero-order chi connectivity index (χ0) is 11.6. The fourth-order valence-corrected chi connectivity index (χ4v) is 3.73. The molecular weight excluding hydrogens is 216 g/mol. The summed E-state index contributed by atoms with van der Waals surface area (Å²) in [7, 11) is 0. The van der Waals surface area contributed by atoms with Gasteiger partial charge in [-0.05, 0) is 46.6 Å². The number of hydrogen-bond donors (Lipinski definition) is 2. The van der Waals surface area contributed by atoms with E-state index in [0.717, 1.165) is 0 Å². The van der Waals surface area contributed by atoms with Crippen LogP contribution < -0.4 is 11.3 Å². The number of rotatable bonds is 3. The molecule has 1 aromatic heterocycles. The van der Waals surface area contributed by atoms with E-state index in [1.807, 2.05) is 0 Å². The minimum Gasteiger partial charge on any atom is -0.271 e. The monoisotopic (exact) mass is 238 g/mol. The number of hydrogen-bond acceptors (Lipinski definition) is 3. The highest BCUT2D eigenvalue weighted by Gasteiger charge is 2.37. The van der Waals surface area contributed by atoms with Crippen LogP contribution in [0.1, 0.15) is 51.1 Å². The second kappa shape index (κ2) is 4.86. The van der Waals surface area contributed by atoms with Crippen molar-refractivity contribution in [2.24, 2.45) is 17.2 Å². The summed E-state index contributed by atoms with van der Waals surface area (Å²) < 4.78 is 0. The topological polar surface area (TPSA) is 38.0 Å². The van der Waals surface area contributed by atoms with Crippen molar-refractivity contribution in [3.8, 4) is 0 Å². The highest BCUT2D eigenvalue weighted by molar-refractivity contribution is 7.07. The fraction of sp³-hybridized carbons (Fsp3) is 0.692. The van der Waals surface area contributed by atoms with Gasteiger partial charge >= 0.3 is 0 Å². The van der Waals surface area contributed by atoms with Crippen LogP contribution in [0, 0.1) is 11.3 Å². The van der Waals surface area contributed by atoms with Crippen molar-refractivity contribution in [1.82, 2.24) is 5.43 Å². The van der Waals surface area contributed by atoms with Crippen LogP contribution in [0.2, 0.25) is 0 Å².